The number of nitrogens with zero attached hydrogens (tertiary/aromatic N) is 1. The monoisotopic (exact) mass is 551 g/mol. The van der Waals surface area contributed by atoms with Gasteiger partial charge in [-0.2, -0.15) is 8.42 Å². The van der Waals surface area contributed by atoms with Gasteiger partial charge in [0.25, 0.3) is 10.1 Å². The Kier molecular flexibility index (Phi) is 6.92. The van der Waals surface area contributed by atoms with Crippen LogP contribution in [0, 0.1) is 6.92 Å². The summed E-state index contributed by atoms with van der Waals surface area (Å²) in [5.41, 5.74) is 7.12. The van der Waals surface area contributed by atoms with Crippen molar-refractivity contribution in [1.29, 1.82) is 0 Å². The highest BCUT2D eigenvalue weighted by atomic mass is 32.2. The molecule has 4 aromatic carbocycles. The molecule has 6 rings (SSSR count). The van der Waals surface area contributed by atoms with Gasteiger partial charge in [0.1, 0.15) is 11.3 Å². The Morgan fingerprint density at radius 1 is 0.800 bits per heavy atom. The van der Waals surface area contributed by atoms with Gasteiger partial charge in [-0.1, -0.05) is 72.8 Å². The normalized spacial score (nSPS) is 14.1. The molecule has 0 amide bonds. The Bertz CT molecular complexity index is 1810. The topological polar surface area (TPSA) is 80.0 Å². The number of rotatable bonds is 8. The summed E-state index contributed by atoms with van der Waals surface area (Å²) in [5, 5.41) is 1.04. The SMILES string of the molecule is Cc1c(/C=C2\Oc3ccc(-c4ccccc4)cc3N2CCCCS(=O)(=O)O)oc2ccc(-c3ccccc3)cc12. The average molecular weight is 552 g/mol. The summed E-state index contributed by atoms with van der Waals surface area (Å²) in [6.07, 6.45) is 2.79. The molecule has 1 aliphatic heterocycles. The van der Waals surface area contributed by atoms with Crippen molar-refractivity contribution >= 4 is 32.9 Å². The molecule has 0 unspecified atom stereocenters. The summed E-state index contributed by atoms with van der Waals surface area (Å²) in [4.78, 5) is 2.05. The zero-order chi connectivity index (χ0) is 27.7. The molecule has 5 aromatic rings. The van der Waals surface area contributed by atoms with Gasteiger partial charge >= 0.3 is 0 Å². The van der Waals surface area contributed by atoms with E-state index in [-0.39, 0.29) is 5.75 Å². The molecular formula is C33H29NO5S. The second-order valence-corrected chi connectivity index (χ2v) is 11.5. The van der Waals surface area contributed by atoms with Crippen molar-refractivity contribution in [3.05, 3.63) is 114 Å². The summed E-state index contributed by atoms with van der Waals surface area (Å²) in [7, 11) is -4.01. The second kappa shape index (κ2) is 10.7. The standard InChI is InChI=1S/C33H29NO5S/c1-23-28-20-26(24-10-4-2-5-11-24)14-16-30(28)38-32(23)22-33-34(18-8-9-19-40(35,36)37)29-21-27(15-17-31(29)39-33)25-12-6-3-7-13-25/h2-7,10-17,20-22H,8-9,18-19H2,1H3,(H,35,36,37)/b33-22-. The Morgan fingerprint density at radius 2 is 1.45 bits per heavy atom. The number of hydrogen-bond donors (Lipinski definition) is 1. The third-order valence-electron chi connectivity index (χ3n) is 7.21. The zero-order valence-corrected chi connectivity index (χ0v) is 22.9. The van der Waals surface area contributed by atoms with E-state index in [0.29, 0.717) is 31.0 Å². The molecule has 0 radical (unpaired) electrons. The van der Waals surface area contributed by atoms with E-state index in [1.165, 1.54) is 0 Å². The van der Waals surface area contributed by atoms with Gasteiger partial charge in [0.05, 0.1) is 11.4 Å². The Labute approximate surface area is 233 Å². The number of furan rings is 1. The van der Waals surface area contributed by atoms with E-state index in [2.05, 4.69) is 42.5 Å². The summed E-state index contributed by atoms with van der Waals surface area (Å²) >= 11 is 0. The van der Waals surface area contributed by atoms with Crippen LogP contribution in [0.1, 0.15) is 24.2 Å². The van der Waals surface area contributed by atoms with Crippen LogP contribution in [-0.2, 0) is 10.1 Å². The van der Waals surface area contributed by atoms with Crippen LogP contribution in [0.4, 0.5) is 5.69 Å². The van der Waals surface area contributed by atoms with Gasteiger partial charge < -0.3 is 14.1 Å². The fourth-order valence-electron chi connectivity index (χ4n) is 5.10. The molecule has 0 spiro atoms. The molecule has 1 N–H and O–H groups in total. The fourth-order valence-corrected chi connectivity index (χ4v) is 5.67. The molecule has 0 bridgehead atoms. The third-order valence-corrected chi connectivity index (χ3v) is 8.01. The Hall–Kier alpha value is -4.33. The largest absolute Gasteiger partial charge is 0.456 e. The molecule has 0 fully saturated rings. The number of ether oxygens (including phenoxy) is 1. The third kappa shape index (κ3) is 5.39. The maximum absolute atomic E-state index is 11.3. The minimum atomic E-state index is -4.01. The van der Waals surface area contributed by atoms with Gasteiger partial charge in [0.15, 0.2) is 5.75 Å². The van der Waals surface area contributed by atoms with Crippen molar-refractivity contribution < 1.29 is 22.1 Å². The van der Waals surface area contributed by atoms with E-state index in [4.69, 9.17) is 9.15 Å². The lowest BCUT2D eigenvalue weighted by molar-refractivity contribution is 0.440. The predicted octanol–water partition coefficient (Wildman–Crippen LogP) is 7.94. The summed E-state index contributed by atoms with van der Waals surface area (Å²) in [6.45, 7) is 2.56. The van der Waals surface area contributed by atoms with Gasteiger partial charge in [0.2, 0.25) is 5.88 Å². The maximum Gasteiger partial charge on any atom is 0.264 e. The van der Waals surface area contributed by atoms with Crippen molar-refractivity contribution in [2.75, 3.05) is 17.2 Å². The number of benzene rings is 4. The molecule has 0 saturated carbocycles. The summed E-state index contributed by atoms with van der Waals surface area (Å²) < 4.78 is 44.3. The first-order chi connectivity index (χ1) is 19.4. The molecule has 2 heterocycles. The average Bonchev–Trinajstić information content (AvgIpc) is 3.47. The maximum atomic E-state index is 11.3. The Morgan fingerprint density at radius 3 is 2.12 bits per heavy atom. The van der Waals surface area contributed by atoms with Gasteiger partial charge in [-0.05, 0) is 66.3 Å². The van der Waals surface area contributed by atoms with E-state index < -0.39 is 10.1 Å². The van der Waals surface area contributed by atoms with Crippen molar-refractivity contribution in [2.45, 2.75) is 19.8 Å². The van der Waals surface area contributed by atoms with Crippen LogP contribution in [0.25, 0.3) is 39.3 Å². The van der Waals surface area contributed by atoms with E-state index >= 15 is 0 Å². The molecule has 7 heteroatoms. The smallest absolute Gasteiger partial charge is 0.264 e. The van der Waals surface area contributed by atoms with Gasteiger partial charge in [-0.3, -0.25) is 4.55 Å². The van der Waals surface area contributed by atoms with E-state index in [1.807, 2.05) is 72.5 Å². The molecule has 0 aliphatic carbocycles. The molecule has 40 heavy (non-hydrogen) atoms. The van der Waals surface area contributed by atoms with E-state index in [9.17, 15) is 13.0 Å². The highest BCUT2D eigenvalue weighted by Gasteiger charge is 2.28. The predicted molar refractivity (Wildman–Crippen MR) is 160 cm³/mol. The minimum absolute atomic E-state index is 0.274. The highest BCUT2D eigenvalue weighted by Crippen LogP contribution is 2.43. The van der Waals surface area contributed by atoms with Crippen molar-refractivity contribution in [1.82, 2.24) is 0 Å². The number of aryl methyl sites for hydroxylation is 1. The second-order valence-electron chi connectivity index (χ2n) is 9.95. The van der Waals surface area contributed by atoms with Crippen LogP contribution in [0.2, 0.25) is 0 Å². The molecule has 1 aromatic heterocycles. The first kappa shape index (κ1) is 25.9. The van der Waals surface area contributed by atoms with Crippen LogP contribution in [0.3, 0.4) is 0 Å². The van der Waals surface area contributed by atoms with Crippen LogP contribution in [0.15, 0.2) is 107 Å². The van der Waals surface area contributed by atoms with E-state index in [0.717, 1.165) is 50.2 Å². The van der Waals surface area contributed by atoms with Crippen molar-refractivity contribution in [2.24, 2.45) is 0 Å². The van der Waals surface area contributed by atoms with Crippen LogP contribution in [0.5, 0.6) is 5.75 Å². The van der Waals surface area contributed by atoms with Gasteiger partial charge in [0, 0.05) is 23.6 Å². The molecule has 0 saturated heterocycles. The Balaban J connectivity index is 1.35. The quantitative estimate of drug-likeness (QED) is 0.156. The van der Waals surface area contributed by atoms with Gasteiger partial charge in [-0.25, -0.2) is 0 Å². The fraction of sp³-hybridized carbons (Fsp3) is 0.152. The molecular weight excluding hydrogens is 522 g/mol. The van der Waals surface area contributed by atoms with Crippen LogP contribution in [-0.4, -0.2) is 25.3 Å². The lowest BCUT2D eigenvalue weighted by atomic mass is 10.0. The number of fused-ring (bicyclic) bond motifs is 2. The van der Waals surface area contributed by atoms with E-state index in [1.54, 1.807) is 0 Å². The molecule has 202 valence electrons. The molecule has 1 aliphatic rings. The van der Waals surface area contributed by atoms with Crippen LogP contribution >= 0.6 is 0 Å². The highest BCUT2D eigenvalue weighted by molar-refractivity contribution is 7.85. The zero-order valence-electron chi connectivity index (χ0n) is 22.1. The van der Waals surface area contributed by atoms with Crippen molar-refractivity contribution in [3.8, 4) is 28.0 Å². The van der Waals surface area contributed by atoms with Crippen LogP contribution < -0.4 is 9.64 Å². The summed E-state index contributed by atoms with van der Waals surface area (Å²) in [5.74, 6) is 1.76. The molecule has 6 nitrogen and oxygen atoms in total. The first-order valence-electron chi connectivity index (χ1n) is 13.3. The first-order valence-corrected chi connectivity index (χ1v) is 14.9. The number of unbranched alkanes of at least 4 members (excludes halogenated alkanes) is 1. The van der Waals surface area contributed by atoms with Crippen molar-refractivity contribution in [3.63, 3.8) is 0 Å². The van der Waals surface area contributed by atoms with Gasteiger partial charge in [-0.15, -0.1) is 0 Å². The minimum Gasteiger partial charge on any atom is -0.456 e. The summed E-state index contributed by atoms with van der Waals surface area (Å²) in [6, 6.07) is 32.7. The number of anilines is 1. The number of hydrogen-bond acceptors (Lipinski definition) is 5. The lowest BCUT2D eigenvalue weighted by Crippen LogP contribution is -2.22. The molecule has 0 atom stereocenters. The lowest BCUT2D eigenvalue weighted by Gasteiger charge is -2.18.